The third-order valence-corrected chi connectivity index (χ3v) is 5.89. The van der Waals surface area contributed by atoms with Crippen molar-refractivity contribution in [3.05, 3.63) is 52.5 Å². The topological polar surface area (TPSA) is 82.1 Å². The number of benzene rings is 2. The molecule has 0 aliphatic heterocycles. The predicted octanol–water partition coefficient (Wildman–Crippen LogP) is 3.56. The smallest absolute Gasteiger partial charge is 0.387 e. The molecular weight excluding hydrogens is 432 g/mol. The average Bonchev–Trinajstić information content (AvgIpc) is 2.66. The summed E-state index contributed by atoms with van der Waals surface area (Å²) in [5, 5.41) is 0.0194. The van der Waals surface area contributed by atoms with Gasteiger partial charge in [-0.1, -0.05) is 17.7 Å². The minimum absolute atomic E-state index is 0.0194. The van der Waals surface area contributed by atoms with E-state index in [9.17, 15) is 22.0 Å². The summed E-state index contributed by atoms with van der Waals surface area (Å²) in [5.41, 5.74) is 0.309. The summed E-state index contributed by atoms with van der Waals surface area (Å²) in [5.74, 6) is -0.976. The predicted molar refractivity (Wildman–Crippen MR) is 101 cm³/mol. The van der Waals surface area contributed by atoms with Crippen molar-refractivity contribution in [3.63, 3.8) is 0 Å². The number of methoxy groups -OCH3 is 1. The van der Waals surface area contributed by atoms with Crippen molar-refractivity contribution < 1.29 is 36.2 Å². The summed E-state index contributed by atoms with van der Waals surface area (Å²) in [6.07, 6.45) is 0. The van der Waals surface area contributed by atoms with Crippen molar-refractivity contribution in [1.29, 1.82) is 0 Å². The molecular formula is C18H18ClF2NO6S. The first-order valence-electron chi connectivity index (χ1n) is 8.07. The van der Waals surface area contributed by atoms with Gasteiger partial charge in [0.1, 0.15) is 6.61 Å². The number of halogens is 3. The highest BCUT2D eigenvalue weighted by Crippen LogP contribution is 2.30. The summed E-state index contributed by atoms with van der Waals surface area (Å²) in [7, 11) is 0.228. The van der Waals surface area contributed by atoms with Crippen molar-refractivity contribution in [2.75, 3.05) is 21.2 Å². The second-order valence-electron chi connectivity index (χ2n) is 5.87. The lowest BCUT2D eigenvalue weighted by Gasteiger charge is -2.14. The number of hydrogen-bond donors (Lipinski definition) is 0. The van der Waals surface area contributed by atoms with E-state index >= 15 is 0 Å². The highest BCUT2D eigenvalue weighted by atomic mass is 35.5. The minimum Gasteiger partial charge on any atom is -0.493 e. The highest BCUT2D eigenvalue weighted by molar-refractivity contribution is 7.89. The van der Waals surface area contributed by atoms with E-state index < -0.39 is 22.6 Å². The molecule has 0 N–H and O–H groups in total. The lowest BCUT2D eigenvalue weighted by atomic mass is 10.2. The Morgan fingerprint density at radius 3 is 2.41 bits per heavy atom. The summed E-state index contributed by atoms with van der Waals surface area (Å²) >= 11 is 6.00. The molecule has 29 heavy (non-hydrogen) atoms. The van der Waals surface area contributed by atoms with Crippen LogP contribution in [0.4, 0.5) is 8.78 Å². The van der Waals surface area contributed by atoms with Crippen LogP contribution in [0, 0.1) is 0 Å². The molecule has 0 aliphatic rings. The second kappa shape index (κ2) is 9.38. The maximum atomic E-state index is 12.4. The number of carbonyl (C=O) groups excluding carboxylic acids is 1. The zero-order valence-corrected chi connectivity index (χ0v) is 17.3. The van der Waals surface area contributed by atoms with Crippen molar-refractivity contribution in [2.45, 2.75) is 18.1 Å². The van der Waals surface area contributed by atoms with Crippen LogP contribution >= 0.6 is 11.6 Å². The van der Waals surface area contributed by atoms with Gasteiger partial charge in [-0.05, 0) is 35.9 Å². The third-order valence-electron chi connectivity index (χ3n) is 3.75. The van der Waals surface area contributed by atoms with Gasteiger partial charge in [-0.2, -0.15) is 8.78 Å². The first kappa shape index (κ1) is 22.9. The molecule has 7 nitrogen and oxygen atoms in total. The standard InChI is InChI=1S/C18H18ClF2NO6S/c1-22(2)29(24,25)12-5-6-14(19)13(9-12)17(23)27-10-11-4-7-15(28-18(20)21)16(8-11)26-3/h4-9,18H,10H2,1-3H3. The summed E-state index contributed by atoms with van der Waals surface area (Å²) < 4.78 is 64.7. The number of rotatable bonds is 8. The fraction of sp³-hybridized carbons (Fsp3) is 0.278. The third kappa shape index (κ3) is 5.55. The van der Waals surface area contributed by atoms with Gasteiger partial charge in [-0.15, -0.1) is 0 Å². The minimum atomic E-state index is -3.77. The molecule has 0 radical (unpaired) electrons. The van der Waals surface area contributed by atoms with E-state index in [-0.39, 0.29) is 33.6 Å². The lowest BCUT2D eigenvalue weighted by Crippen LogP contribution is -2.22. The Hall–Kier alpha value is -2.43. The van der Waals surface area contributed by atoms with Crippen LogP contribution in [-0.2, 0) is 21.4 Å². The van der Waals surface area contributed by atoms with Gasteiger partial charge in [0, 0.05) is 14.1 Å². The van der Waals surface area contributed by atoms with Crippen LogP contribution in [0.3, 0.4) is 0 Å². The molecule has 0 amide bonds. The molecule has 2 rings (SSSR count). The van der Waals surface area contributed by atoms with Crippen LogP contribution in [0.5, 0.6) is 11.5 Å². The molecule has 0 bridgehead atoms. The molecule has 2 aromatic carbocycles. The monoisotopic (exact) mass is 449 g/mol. The van der Waals surface area contributed by atoms with E-state index in [1.165, 1.54) is 51.5 Å². The van der Waals surface area contributed by atoms with Crippen LogP contribution < -0.4 is 9.47 Å². The SMILES string of the molecule is COc1cc(COC(=O)c2cc(S(=O)(=O)N(C)C)ccc2Cl)ccc1OC(F)F. The molecule has 0 spiro atoms. The van der Waals surface area contributed by atoms with Gasteiger partial charge >= 0.3 is 12.6 Å². The molecule has 0 aromatic heterocycles. The van der Waals surface area contributed by atoms with Gasteiger partial charge in [0.25, 0.3) is 0 Å². The molecule has 0 aliphatic carbocycles. The van der Waals surface area contributed by atoms with Crippen LogP contribution in [-0.4, -0.2) is 46.5 Å². The highest BCUT2D eigenvalue weighted by Gasteiger charge is 2.21. The summed E-state index contributed by atoms with van der Waals surface area (Å²) in [6, 6.07) is 7.74. The Morgan fingerprint density at radius 1 is 1.14 bits per heavy atom. The van der Waals surface area contributed by atoms with Gasteiger partial charge in [-0.25, -0.2) is 17.5 Å². The molecule has 0 unspecified atom stereocenters. The molecule has 2 aromatic rings. The Balaban J connectivity index is 2.19. The van der Waals surface area contributed by atoms with Gasteiger partial charge in [-0.3, -0.25) is 0 Å². The Kier molecular flexibility index (Phi) is 7.39. The normalized spacial score (nSPS) is 11.6. The van der Waals surface area contributed by atoms with E-state index in [0.29, 0.717) is 5.56 Å². The number of carbonyl (C=O) groups is 1. The number of alkyl halides is 2. The number of hydrogen-bond acceptors (Lipinski definition) is 6. The van der Waals surface area contributed by atoms with Gasteiger partial charge in [0.15, 0.2) is 11.5 Å². The zero-order chi connectivity index (χ0) is 21.8. The summed E-state index contributed by atoms with van der Waals surface area (Å²) in [6.45, 7) is -3.24. The lowest BCUT2D eigenvalue weighted by molar-refractivity contribution is -0.0512. The van der Waals surface area contributed by atoms with Gasteiger partial charge < -0.3 is 14.2 Å². The fourth-order valence-electron chi connectivity index (χ4n) is 2.25. The molecule has 0 saturated carbocycles. The maximum Gasteiger partial charge on any atom is 0.387 e. The van der Waals surface area contributed by atoms with Crippen LogP contribution in [0.1, 0.15) is 15.9 Å². The number of sulfonamides is 1. The van der Waals surface area contributed by atoms with Crippen LogP contribution in [0.2, 0.25) is 5.02 Å². The van der Waals surface area contributed by atoms with Crippen molar-refractivity contribution in [1.82, 2.24) is 4.31 Å². The largest absolute Gasteiger partial charge is 0.493 e. The van der Waals surface area contributed by atoms with Gasteiger partial charge in [0.2, 0.25) is 10.0 Å². The number of esters is 1. The first-order chi connectivity index (χ1) is 13.6. The fourth-order valence-corrected chi connectivity index (χ4v) is 3.38. The quantitative estimate of drug-likeness (QED) is 0.573. The Morgan fingerprint density at radius 2 is 1.83 bits per heavy atom. The first-order valence-corrected chi connectivity index (χ1v) is 9.89. The Labute approximate surface area is 171 Å². The van der Waals surface area contributed by atoms with Crippen molar-refractivity contribution in [2.24, 2.45) is 0 Å². The van der Waals surface area contributed by atoms with Crippen molar-refractivity contribution in [3.8, 4) is 11.5 Å². The van der Waals surface area contributed by atoms with E-state index in [1.807, 2.05) is 0 Å². The Bertz CT molecular complexity index is 998. The zero-order valence-electron chi connectivity index (χ0n) is 15.7. The number of nitrogens with zero attached hydrogens (tertiary/aromatic N) is 1. The molecule has 0 saturated heterocycles. The molecule has 0 fully saturated rings. The maximum absolute atomic E-state index is 12.4. The molecule has 0 atom stereocenters. The second-order valence-corrected chi connectivity index (χ2v) is 8.43. The van der Waals surface area contributed by atoms with Gasteiger partial charge in [0.05, 0.1) is 22.6 Å². The summed E-state index contributed by atoms with van der Waals surface area (Å²) in [4.78, 5) is 12.3. The molecule has 0 heterocycles. The molecule has 158 valence electrons. The van der Waals surface area contributed by atoms with Crippen LogP contribution in [0.15, 0.2) is 41.3 Å². The van der Waals surface area contributed by atoms with Crippen molar-refractivity contribution >= 4 is 27.6 Å². The number of ether oxygens (including phenoxy) is 3. The van der Waals surface area contributed by atoms with E-state index in [1.54, 1.807) is 0 Å². The molecule has 11 heteroatoms. The van der Waals surface area contributed by atoms with E-state index in [2.05, 4.69) is 4.74 Å². The average molecular weight is 450 g/mol. The van der Waals surface area contributed by atoms with E-state index in [0.717, 1.165) is 10.4 Å². The van der Waals surface area contributed by atoms with E-state index in [4.69, 9.17) is 21.1 Å². The van der Waals surface area contributed by atoms with Crippen LogP contribution in [0.25, 0.3) is 0 Å².